The quantitative estimate of drug-likeness (QED) is 0.835. The van der Waals surface area contributed by atoms with Gasteiger partial charge in [0.25, 0.3) is 5.56 Å². The minimum Gasteiger partial charge on any atom is -0.314 e. The molecule has 0 saturated carbocycles. The van der Waals surface area contributed by atoms with Gasteiger partial charge in [-0.3, -0.25) is 9.59 Å². The summed E-state index contributed by atoms with van der Waals surface area (Å²) in [6.45, 7) is 7.10. The number of nitrogens with zero attached hydrogens (tertiary/aromatic N) is 1. The summed E-state index contributed by atoms with van der Waals surface area (Å²) in [5.74, 6) is 0.0558. The van der Waals surface area contributed by atoms with Crippen LogP contribution in [-0.4, -0.2) is 22.9 Å². The second-order valence-corrected chi connectivity index (χ2v) is 6.78. The van der Waals surface area contributed by atoms with Crippen molar-refractivity contribution < 1.29 is 4.79 Å². The van der Waals surface area contributed by atoms with Gasteiger partial charge in [0.1, 0.15) is 0 Å². The molecule has 1 atom stereocenters. The Morgan fingerprint density at radius 2 is 1.74 bits per heavy atom. The Morgan fingerprint density at radius 3 is 2.35 bits per heavy atom. The van der Waals surface area contributed by atoms with E-state index in [2.05, 4.69) is 26.1 Å². The third-order valence-corrected chi connectivity index (χ3v) is 3.93. The number of ketones is 1. The van der Waals surface area contributed by atoms with E-state index in [1.54, 1.807) is 22.9 Å². The third kappa shape index (κ3) is 4.89. The van der Waals surface area contributed by atoms with Crippen LogP contribution in [0.25, 0.3) is 0 Å². The monoisotopic (exact) mass is 312 g/mol. The zero-order valence-corrected chi connectivity index (χ0v) is 14.0. The van der Waals surface area contributed by atoms with Gasteiger partial charge in [0.05, 0.1) is 6.54 Å². The Kier molecular flexibility index (Phi) is 5.50. The number of carbonyl (C=O) groups excluding carboxylic acids is 1. The smallest absolute Gasteiger partial charge is 0.250 e. The van der Waals surface area contributed by atoms with Crippen molar-refractivity contribution in [3.63, 3.8) is 0 Å². The van der Waals surface area contributed by atoms with Crippen LogP contribution in [0, 0.1) is 5.41 Å². The summed E-state index contributed by atoms with van der Waals surface area (Å²) in [4.78, 5) is 24.2. The van der Waals surface area contributed by atoms with E-state index < -0.39 is 0 Å². The number of aromatic nitrogens is 1. The van der Waals surface area contributed by atoms with E-state index in [-0.39, 0.29) is 29.3 Å². The van der Waals surface area contributed by atoms with Crippen molar-refractivity contribution in [1.82, 2.24) is 9.88 Å². The largest absolute Gasteiger partial charge is 0.314 e. The van der Waals surface area contributed by atoms with Gasteiger partial charge < -0.3 is 9.88 Å². The number of benzene rings is 1. The molecule has 1 aromatic heterocycles. The average molecular weight is 312 g/mol. The first-order valence-electron chi connectivity index (χ1n) is 7.85. The molecule has 0 radical (unpaired) electrons. The highest BCUT2D eigenvalue weighted by atomic mass is 16.1. The van der Waals surface area contributed by atoms with E-state index in [4.69, 9.17) is 0 Å². The lowest BCUT2D eigenvalue weighted by Gasteiger charge is -2.32. The van der Waals surface area contributed by atoms with Crippen LogP contribution in [0.3, 0.4) is 0 Å². The first-order chi connectivity index (χ1) is 10.9. The van der Waals surface area contributed by atoms with Crippen LogP contribution < -0.4 is 10.9 Å². The molecule has 0 fully saturated rings. The van der Waals surface area contributed by atoms with E-state index in [1.165, 1.54) is 0 Å². The van der Waals surface area contributed by atoms with Crippen molar-refractivity contribution in [2.24, 2.45) is 5.41 Å². The Hall–Kier alpha value is -2.20. The van der Waals surface area contributed by atoms with E-state index in [0.717, 1.165) is 0 Å². The molecule has 0 spiro atoms. The molecule has 1 aromatic carbocycles. The summed E-state index contributed by atoms with van der Waals surface area (Å²) in [5.41, 5.74) is 0.592. The fourth-order valence-electron chi connectivity index (χ4n) is 2.39. The molecular formula is C19H24N2O2. The van der Waals surface area contributed by atoms with Crippen molar-refractivity contribution >= 4 is 5.78 Å². The van der Waals surface area contributed by atoms with Gasteiger partial charge in [-0.05, 0) is 11.5 Å². The maximum absolute atomic E-state index is 12.3. The summed E-state index contributed by atoms with van der Waals surface area (Å²) < 4.78 is 1.68. The topological polar surface area (TPSA) is 51.1 Å². The number of rotatable bonds is 6. The van der Waals surface area contributed by atoms with Gasteiger partial charge in [0.2, 0.25) is 0 Å². The Morgan fingerprint density at radius 1 is 1.09 bits per heavy atom. The molecule has 2 aromatic rings. The van der Waals surface area contributed by atoms with Crippen molar-refractivity contribution in [2.75, 3.05) is 6.54 Å². The second-order valence-electron chi connectivity index (χ2n) is 6.78. The predicted molar refractivity (Wildman–Crippen MR) is 92.7 cm³/mol. The predicted octanol–water partition coefficient (Wildman–Crippen LogP) is 2.74. The van der Waals surface area contributed by atoms with Gasteiger partial charge >= 0.3 is 0 Å². The van der Waals surface area contributed by atoms with Crippen LogP contribution in [0.4, 0.5) is 0 Å². The van der Waals surface area contributed by atoms with Crippen LogP contribution in [0.5, 0.6) is 0 Å². The summed E-state index contributed by atoms with van der Waals surface area (Å²) in [7, 11) is 0. The SMILES string of the molecule is CC(C)(C)[C@@H](Cn1ccccc1=O)NCC(=O)c1ccccc1. The minimum atomic E-state index is -0.0771. The number of carbonyl (C=O) groups is 1. The Bertz CT molecular complexity index is 699. The lowest BCUT2D eigenvalue weighted by Crippen LogP contribution is -2.46. The highest BCUT2D eigenvalue weighted by Crippen LogP contribution is 2.20. The average Bonchev–Trinajstić information content (AvgIpc) is 2.52. The van der Waals surface area contributed by atoms with Crippen LogP contribution in [0.15, 0.2) is 59.5 Å². The number of Topliss-reactive ketones (excluding diaryl/α,β-unsaturated/α-hetero) is 1. The normalized spacial score (nSPS) is 12.8. The Balaban J connectivity index is 2.07. The first kappa shape index (κ1) is 17.2. The molecule has 0 unspecified atom stereocenters. The fourth-order valence-corrected chi connectivity index (χ4v) is 2.39. The van der Waals surface area contributed by atoms with E-state index >= 15 is 0 Å². The lowest BCUT2D eigenvalue weighted by molar-refractivity contribution is 0.0976. The van der Waals surface area contributed by atoms with Gasteiger partial charge in [-0.2, -0.15) is 0 Å². The molecule has 122 valence electrons. The molecule has 0 aliphatic carbocycles. The molecule has 0 amide bonds. The first-order valence-corrected chi connectivity index (χ1v) is 7.85. The highest BCUT2D eigenvalue weighted by Gasteiger charge is 2.25. The van der Waals surface area contributed by atoms with Crippen LogP contribution in [0.2, 0.25) is 0 Å². The molecule has 1 N–H and O–H groups in total. The maximum atomic E-state index is 12.3. The Labute approximate surface area is 137 Å². The second kappa shape index (κ2) is 7.38. The minimum absolute atomic E-state index is 0.00950. The molecule has 0 aliphatic rings. The van der Waals surface area contributed by atoms with E-state index in [9.17, 15) is 9.59 Å². The molecule has 0 aliphatic heterocycles. The molecule has 4 heteroatoms. The zero-order valence-electron chi connectivity index (χ0n) is 14.0. The molecule has 4 nitrogen and oxygen atoms in total. The van der Waals surface area contributed by atoms with Gasteiger partial charge in [-0.1, -0.05) is 57.2 Å². The molecule has 23 heavy (non-hydrogen) atoms. The third-order valence-electron chi connectivity index (χ3n) is 3.93. The summed E-state index contributed by atoms with van der Waals surface area (Å²) in [5, 5.41) is 3.32. The number of pyridine rings is 1. The highest BCUT2D eigenvalue weighted by molar-refractivity contribution is 5.97. The van der Waals surface area contributed by atoms with Gasteiger partial charge in [-0.25, -0.2) is 0 Å². The fraction of sp³-hybridized carbons (Fsp3) is 0.368. The van der Waals surface area contributed by atoms with Gasteiger partial charge in [-0.15, -0.1) is 0 Å². The summed E-state index contributed by atoms with van der Waals surface area (Å²) in [6.07, 6.45) is 1.78. The van der Waals surface area contributed by atoms with Crippen LogP contribution >= 0.6 is 0 Å². The van der Waals surface area contributed by atoms with Gasteiger partial charge in [0.15, 0.2) is 5.78 Å². The molecule has 1 heterocycles. The van der Waals surface area contributed by atoms with E-state index in [1.807, 2.05) is 36.4 Å². The van der Waals surface area contributed by atoms with Crippen molar-refractivity contribution in [3.05, 3.63) is 70.6 Å². The van der Waals surface area contributed by atoms with E-state index in [0.29, 0.717) is 12.1 Å². The lowest BCUT2D eigenvalue weighted by atomic mass is 9.86. The number of hydrogen-bond acceptors (Lipinski definition) is 3. The van der Waals surface area contributed by atoms with Crippen molar-refractivity contribution in [1.29, 1.82) is 0 Å². The number of hydrogen-bond donors (Lipinski definition) is 1. The molecule has 2 rings (SSSR count). The maximum Gasteiger partial charge on any atom is 0.250 e. The number of nitrogens with one attached hydrogen (secondary N) is 1. The molecular weight excluding hydrogens is 288 g/mol. The van der Waals surface area contributed by atoms with Crippen molar-refractivity contribution in [2.45, 2.75) is 33.4 Å². The molecule has 0 saturated heterocycles. The van der Waals surface area contributed by atoms with Crippen LogP contribution in [0.1, 0.15) is 31.1 Å². The van der Waals surface area contributed by atoms with Crippen molar-refractivity contribution in [3.8, 4) is 0 Å². The summed E-state index contributed by atoms with van der Waals surface area (Å²) >= 11 is 0. The standard InChI is InChI=1S/C19H24N2O2/c1-19(2,3)17(14-21-12-8-7-11-18(21)23)20-13-16(22)15-9-5-4-6-10-15/h4-12,17,20H,13-14H2,1-3H3/t17-/m1/s1. The van der Waals surface area contributed by atoms with Gasteiger partial charge in [0, 0.05) is 30.4 Å². The summed E-state index contributed by atoms with van der Waals surface area (Å²) in [6, 6.07) is 14.4. The molecule has 0 bridgehead atoms. The zero-order chi connectivity index (χ0) is 16.9. The van der Waals surface area contributed by atoms with Crippen LogP contribution in [-0.2, 0) is 6.54 Å².